The number of benzene rings is 5. The predicted octanol–water partition coefficient (Wildman–Crippen LogP) is 10.00. The first-order valence-electron chi connectivity index (χ1n) is 13.0. The Morgan fingerprint density at radius 2 is 0.923 bits per heavy atom. The van der Waals surface area contributed by atoms with Gasteiger partial charge in [-0.3, -0.25) is 0 Å². The van der Waals surface area contributed by atoms with Gasteiger partial charge in [0.1, 0.15) is 5.82 Å². The molecule has 0 radical (unpaired) electrons. The molecule has 0 atom stereocenters. The minimum absolute atomic E-state index is 0.251. The van der Waals surface area contributed by atoms with Crippen molar-refractivity contribution in [1.29, 1.82) is 0 Å². The molecule has 1 heterocycles. The Kier molecular flexibility index (Phi) is 6.71. The van der Waals surface area contributed by atoms with Crippen molar-refractivity contribution >= 4 is 17.1 Å². The molecule has 6 rings (SSSR count). The summed E-state index contributed by atoms with van der Waals surface area (Å²) in [5, 5.41) is 0. The zero-order valence-electron chi connectivity index (χ0n) is 21.6. The molecule has 0 aliphatic carbocycles. The number of anilines is 3. The van der Waals surface area contributed by atoms with E-state index in [1.807, 2.05) is 36.4 Å². The van der Waals surface area contributed by atoms with Crippen LogP contribution in [0.5, 0.6) is 0 Å². The van der Waals surface area contributed by atoms with Gasteiger partial charge in [0, 0.05) is 28.2 Å². The van der Waals surface area contributed by atoms with Gasteiger partial charge in [-0.25, -0.2) is 9.37 Å². The van der Waals surface area contributed by atoms with E-state index in [2.05, 4.69) is 96.8 Å². The molecule has 2 nitrogen and oxygen atoms in total. The number of rotatable bonds is 6. The number of nitrogens with zero attached hydrogens (tertiary/aromatic N) is 2. The summed E-state index contributed by atoms with van der Waals surface area (Å²) < 4.78 is 13.7. The van der Waals surface area contributed by atoms with Gasteiger partial charge in [-0.05, 0) is 78.7 Å². The first kappa shape index (κ1) is 24.3. The molecule has 0 spiro atoms. The number of hydrogen-bond acceptors (Lipinski definition) is 2. The second kappa shape index (κ2) is 10.8. The van der Waals surface area contributed by atoms with Gasteiger partial charge in [0.25, 0.3) is 0 Å². The third kappa shape index (κ3) is 5.34. The Bertz CT molecular complexity index is 1680. The van der Waals surface area contributed by atoms with Crippen molar-refractivity contribution in [3.63, 3.8) is 0 Å². The van der Waals surface area contributed by atoms with Crippen molar-refractivity contribution in [2.75, 3.05) is 4.90 Å². The van der Waals surface area contributed by atoms with Gasteiger partial charge in [-0.2, -0.15) is 0 Å². The number of halogens is 1. The SMILES string of the molecule is Cc1ccc(-c2cc(-c3ccc(N(c4ccccc4)c4ccc(F)cc4)cc3)cc(-c3ccccc3)n2)cc1. The molecule has 188 valence electrons. The Labute approximate surface area is 228 Å². The zero-order chi connectivity index (χ0) is 26.6. The topological polar surface area (TPSA) is 16.1 Å². The number of pyridine rings is 1. The molecule has 0 bridgehead atoms. The Morgan fingerprint density at radius 3 is 1.51 bits per heavy atom. The molecule has 0 unspecified atom stereocenters. The summed E-state index contributed by atoms with van der Waals surface area (Å²) in [6.45, 7) is 2.09. The van der Waals surface area contributed by atoms with Gasteiger partial charge in [0.2, 0.25) is 0 Å². The monoisotopic (exact) mass is 506 g/mol. The normalized spacial score (nSPS) is 10.8. The maximum Gasteiger partial charge on any atom is 0.123 e. The van der Waals surface area contributed by atoms with Crippen molar-refractivity contribution in [2.24, 2.45) is 0 Å². The molecule has 39 heavy (non-hydrogen) atoms. The standard InChI is InChI=1S/C36H27FN2/c1-26-12-14-29(15-13-26)36-25-30(24-35(38-36)28-8-4-2-5-9-28)27-16-20-33(21-17-27)39(32-10-6-3-7-11-32)34-22-18-31(37)19-23-34/h2-25H,1H3. The summed E-state index contributed by atoms with van der Waals surface area (Å²) in [4.78, 5) is 7.15. The van der Waals surface area contributed by atoms with Crippen LogP contribution in [0.1, 0.15) is 5.56 Å². The van der Waals surface area contributed by atoms with E-state index in [-0.39, 0.29) is 5.82 Å². The highest BCUT2D eigenvalue weighted by Gasteiger charge is 2.14. The molecule has 0 saturated carbocycles. The van der Waals surface area contributed by atoms with Gasteiger partial charge in [-0.15, -0.1) is 0 Å². The van der Waals surface area contributed by atoms with Crippen molar-refractivity contribution in [3.8, 4) is 33.6 Å². The fraction of sp³-hybridized carbons (Fsp3) is 0.0278. The lowest BCUT2D eigenvalue weighted by atomic mass is 9.99. The summed E-state index contributed by atoms with van der Waals surface area (Å²) in [6.07, 6.45) is 0. The fourth-order valence-electron chi connectivity index (χ4n) is 4.74. The zero-order valence-corrected chi connectivity index (χ0v) is 21.6. The molecular weight excluding hydrogens is 479 g/mol. The van der Waals surface area contributed by atoms with E-state index < -0.39 is 0 Å². The number of hydrogen-bond donors (Lipinski definition) is 0. The quantitative estimate of drug-likeness (QED) is 0.223. The van der Waals surface area contributed by atoms with E-state index in [1.165, 1.54) is 17.7 Å². The van der Waals surface area contributed by atoms with E-state index in [0.717, 1.165) is 50.7 Å². The van der Waals surface area contributed by atoms with Gasteiger partial charge >= 0.3 is 0 Å². The average Bonchev–Trinajstić information content (AvgIpc) is 3.00. The van der Waals surface area contributed by atoms with E-state index in [4.69, 9.17) is 4.98 Å². The largest absolute Gasteiger partial charge is 0.311 e. The molecular formula is C36H27FN2. The van der Waals surface area contributed by atoms with E-state index in [9.17, 15) is 4.39 Å². The summed E-state index contributed by atoms with van der Waals surface area (Å²) in [7, 11) is 0. The van der Waals surface area contributed by atoms with Crippen LogP contribution in [-0.4, -0.2) is 4.98 Å². The fourth-order valence-corrected chi connectivity index (χ4v) is 4.74. The molecule has 0 N–H and O–H groups in total. The number of aryl methyl sites for hydroxylation is 1. The average molecular weight is 507 g/mol. The van der Waals surface area contributed by atoms with Crippen molar-refractivity contribution in [2.45, 2.75) is 6.92 Å². The summed E-state index contributed by atoms with van der Waals surface area (Å²) in [5.74, 6) is -0.251. The second-order valence-electron chi connectivity index (χ2n) is 9.55. The molecule has 5 aromatic carbocycles. The van der Waals surface area contributed by atoms with Gasteiger partial charge in [0.15, 0.2) is 0 Å². The molecule has 0 amide bonds. The van der Waals surface area contributed by atoms with Gasteiger partial charge in [0.05, 0.1) is 11.4 Å². The van der Waals surface area contributed by atoms with Crippen LogP contribution in [0.3, 0.4) is 0 Å². The maximum atomic E-state index is 13.7. The van der Waals surface area contributed by atoms with Crippen LogP contribution in [0.4, 0.5) is 21.5 Å². The van der Waals surface area contributed by atoms with E-state index in [1.54, 1.807) is 12.1 Å². The lowest BCUT2D eigenvalue weighted by Crippen LogP contribution is -2.09. The predicted molar refractivity (Wildman–Crippen MR) is 160 cm³/mol. The summed E-state index contributed by atoms with van der Waals surface area (Å²) >= 11 is 0. The highest BCUT2D eigenvalue weighted by atomic mass is 19.1. The van der Waals surface area contributed by atoms with Gasteiger partial charge < -0.3 is 4.90 Å². The van der Waals surface area contributed by atoms with Crippen LogP contribution in [0.2, 0.25) is 0 Å². The molecule has 0 saturated heterocycles. The van der Waals surface area contributed by atoms with E-state index in [0.29, 0.717) is 0 Å². The molecule has 3 heteroatoms. The first-order chi connectivity index (χ1) is 19.1. The Morgan fingerprint density at radius 1 is 0.462 bits per heavy atom. The molecule has 1 aromatic heterocycles. The van der Waals surface area contributed by atoms with E-state index >= 15 is 0 Å². The first-order valence-corrected chi connectivity index (χ1v) is 13.0. The van der Waals surface area contributed by atoms with Crippen LogP contribution in [-0.2, 0) is 0 Å². The number of para-hydroxylation sites is 1. The van der Waals surface area contributed by atoms with Crippen LogP contribution < -0.4 is 4.90 Å². The molecule has 6 aromatic rings. The van der Waals surface area contributed by atoms with Crippen LogP contribution in [0.25, 0.3) is 33.6 Å². The molecule has 0 fully saturated rings. The van der Waals surface area contributed by atoms with Crippen LogP contribution in [0.15, 0.2) is 146 Å². The minimum Gasteiger partial charge on any atom is -0.311 e. The van der Waals surface area contributed by atoms with Crippen LogP contribution >= 0.6 is 0 Å². The highest BCUT2D eigenvalue weighted by molar-refractivity contribution is 5.80. The Hall–Kier alpha value is -5.02. The minimum atomic E-state index is -0.251. The summed E-state index contributed by atoms with van der Waals surface area (Å²) in [5.41, 5.74) is 10.3. The molecule has 0 aliphatic rings. The third-order valence-corrected chi connectivity index (χ3v) is 6.80. The van der Waals surface area contributed by atoms with Crippen LogP contribution in [0, 0.1) is 12.7 Å². The number of aromatic nitrogens is 1. The smallest absolute Gasteiger partial charge is 0.123 e. The highest BCUT2D eigenvalue weighted by Crippen LogP contribution is 2.36. The third-order valence-electron chi connectivity index (χ3n) is 6.80. The van der Waals surface area contributed by atoms with Gasteiger partial charge in [-0.1, -0.05) is 90.5 Å². The lowest BCUT2D eigenvalue weighted by Gasteiger charge is -2.25. The second-order valence-corrected chi connectivity index (χ2v) is 9.55. The van der Waals surface area contributed by atoms with Crippen molar-refractivity contribution in [1.82, 2.24) is 4.98 Å². The van der Waals surface area contributed by atoms with Crippen molar-refractivity contribution < 1.29 is 4.39 Å². The Balaban J connectivity index is 1.43. The van der Waals surface area contributed by atoms with Crippen molar-refractivity contribution in [3.05, 3.63) is 157 Å². The lowest BCUT2D eigenvalue weighted by molar-refractivity contribution is 0.628. The molecule has 0 aliphatic heterocycles. The maximum absolute atomic E-state index is 13.7. The summed E-state index contributed by atoms with van der Waals surface area (Å²) in [6, 6.07) is 48.3.